The molecule has 0 bridgehead atoms. The first-order chi connectivity index (χ1) is 13.2. The van der Waals surface area contributed by atoms with Crippen LogP contribution in [0.4, 0.5) is 5.69 Å². The van der Waals surface area contributed by atoms with Crippen molar-refractivity contribution in [3.05, 3.63) is 29.8 Å². The van der Waals surface area contributed by atoms with Gasteiger partial charge in [-0.3, -0.25) is 9.59 Å². The number of benzene rings is 1. The molecule has 1 aliphatic heterocycles. The number of nitrogens with one attached hydrogen (secondary N) is 3. The number of anilines is 1. The Bertz CT molecular complexity index is 691. The monoisotopic (exact) mass is 369 g/mol. The summed E-state index contributed by atoms with van der Waals surface area (Å²) in [4.78, 5) is 24.9. The van der Waals surface area contributed by atoms with E-state index in [4.69, 9.17) is 0 Å². The highest BCUT2D eigenvalue weighted by Crippen LogP contribution is 2.58. The minimum Gasteiger partial charge on any atom is -0.352 e. The van der Waals surface area contributed by atoms with Crippen molar-refractivity contribution in [2.24, 2.45) is 17.3 Å². The molecule has 1 heterocycles. The first-order valence-corrected chi connectivity index (χ1v) is 10.5. The van der Waals surface area contributed by atoms with E-state index in [0.29, 0.717) is 6.54 Å². The minimum absolute atomic E-state index is 0.140. The van der Waals surface area contributed by atoms with Gasteiger partial charge in [0, 0.05) is 24.1 Å². The van der Waals surface area contributed by atoms with Gasteiger partial charge in [0.1, 0.15) is 0 Å². The number of amides is 2. The molecule has 1 spiro atoms. The summed E-state index contributed by atoms with van der Waals surface area (Å²) < 4.78 is 0. The number of hydrogen-bond donors (Lipinski definition) is 3. The molecule has 0 radical (unpaired) electrons. The second-order valence-electron chi connectivity index (χ2n) is 8.61. The molecule has 27 heavy (non-hydrogen) atoms. The van der Waals surface area contributed by atoms with Crippen LogP contribution in [-0.2, 0) is 16.1 Å². The fraction of sp³-hybridized carbons (Fsp3) is 0.636. The Morgan fingerprint density at radius 2 is 1.85 bits per heavy atom. The van der Waals surface area contributed by atoms with Crippen molar-refractivity contribution < 1.29 is 9.59 Å². The Morgan fingerprint density at radius 3 is 2.63 bits per heavy atom. The molecule has 2 aliphatic carbocycles. The number of piperidine rings is 1. The van der Waals surface area contributed by atoms with E-state index in [1.165, 1.54) is 6.42 Å². The van der Waals surface area contributed by atoms with Gasteiger partial charge in [-0.05, 0) is 68.3 Å². The fourth-order valence-corrected chi connectivity index (χ4v) is 4.88. The maximum atomic E-state index is 12.5. The molecule has 3 N–H and O–H groups in total. The highest BCUT2D eigenvalue weighted by Gasteiger charge is 2.57. The van der Waals surface area contributed by atoms with Gasteiger partial charge in [-0.1, -0.05) is 31.4 Å². The third-order valence-corrected chi connectivity index (χ3v) is 6.74. The number of carbonyl (C=O) groups excluding carboxylic acids is 2. The van der Waals surface area contributed by atoms with Gasteiger partial charge in [0.25, 0.3) is 0 Å². The molecule has 1 unspecified atom stereocenters. The summed E-state index contributed by atoms with van der Waals surface area (Å²) in [5.41, 5.74) is 2.13. The predicted octanol–water partition coefficient (Wildman–Crippen LogP) is 3.21. The van der Waals surface area contributed by atoms with Gasteiger partial charge in [-0.15, -0.1) is 0 Å². The highest BCUT2D eigenvalue weighted by atomic mass is 16.2. The Balaban J connectivity index is 1.28. The Kier molecular flexibility index (Phi) is 5.48. The standard InChI is InChI=1S/C22H31N3O2/c26-20(17-6-2-1-3-7-17)25-18-8-4-5-16(13-18)15-24-21(27)19-14-22(19)9-11-23-12-10-22/h4-5,8,13,17,19,23H,1-3,6-7,9-12,14-15H2,(H,24,27)(H,25,26). The van der Waals surface area contributed by atoms with Crippen molar-refractivity contribution in [1.29, 1.82) is 0 Å². The van der Waals surface area contributed by atoms with Gasteiger partial charge in [-0.2, -0.15) is 0 Å². The van der Waals surface area contributed by atoms with E-state index in [1.54, 1.807) is 0 Å². The quantitative estimate of drug-likeness (QED) is 0.746. The maximum Gasteiger partial charge on any atom is 0.227 e. The number of rotatable bonds is 5. The van der Waals surface area contributed by atoms with Crippen molar-refractivity contribution in [3.8, 4) is 0 Å². The smallest absolute Gasteiger partial charge is 0.227 e. The van der Waals surface area contributed by atoms with Crippen LogP contribution in [0, 0.1) is 17.3 Å². The summed E-state index contributed by atoms with van der Waals surface area (Å²) in [6.45, 7) is 2.59. The molecular weight excluding hydrogens is 338 g/mol. The topological polar surface area (TPSA) is 70.2 Å². The zero-order valence-electron chi connectivity index (χ0n) is 16.1. The van der Waals surface area contributed by atoms with Crippen molar-refractivity contribution in [2.75, 3.05) is 18.4 Å². The molecule has 2 amide bonds. The molecular formula is C22H31N3O2. The summed E-state index contributed by atoms with van der Waals surface area (Å²) in [5.74, 6) is 0.669. The van der Waals surface area contributed by atoms with Crippen molar-refractivity contribution >= 4 is 17.5 Å². The van der Waals surface area contributed by atoms with E-state index < -0.39 is 0 Å². The van der Waals surface area contributed by atoms with Crippen LogP contribution >= 0.6 is 0 Å². The van der Waals surface area contributed by atoms with Crippen LogP contribution in [0.5, 0.6) is 0 Å². The molecule has 5 nitrogen and oxygen atoms in total. The summed E-state index contributed by atoms with van der Waals surface area (Å²) in [5, 5.41) is 9.54. The molecule has 2 saturated carbocycles. The summed E-state index contributed by atoms with van der Waals surface area (Å²) in [6.07, 6.45) is 8.84. The van der Waals surface area contributed by atoms with Gasteiger partial charge >= 0.3 is 0 Å². The Morgan fingerprint density at radius 1 is 1.07 bits per heavy atom. The lowest BCUT2D eigenvalue weighted by Crippen LogP contribution is -2.33. The van der Waals surface area contributed by atoms with Gasteiger partial charge in [-0.25, -0.2) is 0 Å². The first-order valence-electron chi connectivity index (χ1n) is 10.5. The molecule has 0 aromatic heterocycles. The molecule has 146 valence electrons. The second kappa shape index (κ2) is 8.01. The molecule has 1 atom stereocenters. The average Bonchev–Trinajstić information content (AvgIpc) is 3.40. The van der Waals surface area contributed by atoms with Crippen LogP contribution in [0.1, 0.15) is 56.9 Å². The zero-order chi connectivity index (χ0) is 18.7. The van der Waals surface area contributed by atoms with E-state index in [-0.39, 0.29) is 29.1 Å². The molecule has 1 aromatic rings. The Labute approximate surface area is 161 Å². The van der Waals surface area contributed by atoms with E-state index >= 15 is 0 Å². The van der Waals surface area contributed by atoms with E-state index in [0.717, 1.165) is 69.3 Å². The van der Waals surface area contributed by atoms with Crippen LogP contribution < -0.4 is 16.0 Å². The maximum absolute atomic E-state index is 12.5. The lowest BCUT2D eigenvalue weighted by Gasteiger charge is -2.23. The largest absolute Gasteiger partial charge is 0.352 e. The minimum atomic E-state index is 0.140. The van der Waals surface area contributed by atoms with Crippen LogP contribution in [0.3, 0.4) is 0 Å². The number of hydrogen-bond acceptors (Lipinski definition) is 3. The van der Waals surface area contributed by atoms with E-state index in [2.05, 4.69) is 16.0 Å². The van der Waals surface area contributed by atoms with E-state index in [9.17, 15) is 9.59 Å². The van der Waals surface area contributed by atoms with Crippen molar-refractivity contribution in [3.63, 3.8) is 0 Å². The lowest BCUT2D eigenvalue weighted by molar-refractivity contribution is -0.123. The molecule has 3 aliphatic rings. The lowest BCUT2D eigenvalue weighted by atomic mass is 9.88. The molecule has 1 saturated heterocycles. The molecule has 4 rings (SSSR count). The van der Waals surface area contributed by atoms with Crippen molar-refractivity contribution in [1.82, 2.24) is 10.6 Å². The van der Waals surface area contributed by atoms with Gasteiger partial charge in [0.15, 0.2) is 0 Å². The third-order valence-electron chi connectivity index (χ3n) is 6.74. The molecule has 3 fully saturated rings. The normalized spacial score (nSPS) is 24.4. The van der Waals surface area contributed by atoms with Crippen LogP contribution in [-0.4, -0.2) is 24.9 Å². The van der Waals surface area contributed by atoms with Crippen molar-refractivity contribution in [2.45, 2.75) is 57.9 Å². The predicted molar refractivity (Wildman–Crippen MR) is 106 cm³/mol. The summed E-state index contributed by atoms with van der Waals surface area (Å²) in [7, 11) is 0. The first kappa shape index (κ1) is 18.5. The fourth-order valence-electron chi connectivity index (χ4n) is 4.88. The zero-order valence-corrected chi connectivity index (χ0v) is 16.1. The van der Waals surface area contributed by atoms with Crippen LogP contribution in [0.15, 0.2) is 24.3 Å². The summed E-state index contributed by atoms with van der Waals surface area (Å²) >= 11 is 0. The van der Waals surface area contributed by atoms with Gasteiger partial charge in [0.2, 0.25) is 11.8 Å². The summed E-state index contributed by atoms with van der Waals surface area (Å²) in [6, 6.07) is 7.86. The SMILES string of the molecule is O=C(Nc1cccc(CNC(=O)C2CC23CCNCC3)c1)C1CCCCC1. The van der Waals surface area contributed by atoms with Gasteiger partial charge in [0.05, 0.1) is 0 Å². The number of carbonyl (C=O) groups is 2. The second-order valence-corrected chi connectivity index (χ2v) is 8.61. The molecule has 5 heteroatoms. The highest BCUT2D eigenvalue weighted by molar-refractivity contribution is 5.92. The third kappa shape index (κ3) is 4.34. The molecule has 1 aromatic carbocycles. The van der Waals surface area contributed by atoms with Crippen LogP contribution in [0.2, 0.25) is 0 Å². The Hall–Kier alpha value is -1.88. The van der Waals surface area contributed by atoms with Gasteiger partial charge < -0.3 is 16.0 Å². The average molecular weight is 370 g/mol. The van der Waals surface area contributed by atoms with E-state index in [1.807, 2.05) is 24.3 Å². The van der Waals surface area contributed by atoms with Crippen LogP contribution in [0.25, 0.3) is 0 Å².